The Balaban J connectivity index is 2.18. The zero-order chi connectivity index (χ0) is 14.4. The maximum Gasteiger partial charge on any atom is 0.211 e. The molecule has 7 nitrogen and oxygen atoms in total. The summed E-state index contributed by atoms with van der Waals surface area (Å²) < 4.78 is 10.7. The van der Waals surface area contributed by atoms with E-state index in [1.807, 2.05) is 18.2 Å². The summed E-state index contributed by atoms with van der Waals surface area (Å²) in [5, 5.41) is 7.36. The van der Waals surface area contributed by atoms with Crippen molar-refractivity contribution in [3.8, 4) is 5.75 Å². The normalized spacial score (nSPS) is 15.3. The van der Waals surface area contributed by atoms with Crippen LogP contribution in [0.15, 0.2) is 28.4 Å². The van der Waals surface area contributed by atoms with Crippen molar-refractivity contribution < 1.29 is 9.47 Å². The average molecular weight is 277 g/mol. The number of anilines is 1. The van der Waals surface area contributed by atoms with Crippen LogP contribution >= 0.6 is 0 Å². The lowest BCUT2D eigenvalue weighted by Gasteiger charge is -2.29. The Morgan fingerprint density at radius 2 is 2.10 bits per heavy atom. The SMILES string of the molecule is COc1cc(N2CCOCC2)ccc1C=NN=C(N)N. The van der Waals surface area contributed by atoms with Crippen LogP contribution in [0.1, 0.15) is 5.56 Å². The molecule has 1 aliphatic rings. The van der Waals surface area contributed by atoms with E-state index in [2.05, 4.69) is 15.1 Å². The van der Waals surface area contributed by atoms with Gasteiger partial charge in [-0.3, -0.25) is 0 Å². The smallest absolute Gasteiger partial charge is 0.211 e. The van der Waals surface area contributed by atoms with Gasteiger partial charge in [-0.05, 0) is 12.1 Å². The Morgan fingerprint density at radius 1 is 1.35 bits per heavy atom. The van der Waals surface area contributed by atoms with Crippen molar-refractivity contribution in [1.29, 1.82) is 0 Å². The van der Waals surface area contributed by atoms with Crippen LogP contribution in [-0.4, -0.2) is 45.6 Å². The maximum atomic E-state index is 5.37. The summed E-state index contributed by atoms with van der Waals surface area (Å²) >= 11 is 0. The van der Waals surface area contributed by atoms with Gasteiger partial charge in [-0.15, -0.1) is 5.10 Å². The lowest BCUT2D eigenvalue weighted by Crippen LogP contribution is -2.36. The van der Waals surface area contributed by atoms with Gasteiger partial charge in [0.1, 0.15) is 5.75 Å². The number of benzene rings is 1. The fourth-order valence-corrected chi connectivity index (χ4v) is 1.98. The van der Waals surface area contributed by atoms with Gasteiger partial charge >= 0.3 is 0 Å². The second-order valence-corrected chi connectivity index (χ2v) is 4.30. The number of ether oxygens (including phenoxy) is 2. The predicted molar refractivity (Wildman–Crippen MR) is 79.4 cm³/mol. The number of nitrogens with zero attached hydrogens (tertiary/aromatic N) is 3. The molecule has 1 aliphatic heterocycles. The van der Waals surface area contributed by atoms with Gasteiger partial charge in [0.25, 0.3) is 0 Å². The summed E-state index contributed by atoms with van der Waals surface area (Å²) in [6.07, 6.45) is 1.56. The van der Waals surface area contributed by atoms with Crippen LogP contribution in [0.4, 0.5) is 5.69 Å². The molecule has 0 bridgehead atoms. The fourth-order valence-electron chi connectivity index (χ4n) is 1.98. The van der Waals surface area contributed by atoms with Crippen LogP contribution in [0.2, 0.25) is 0 Å². The molecule has 0 radical (unpaired) electrons. The van der Waals surface area contributed by atoms with Gasteiger partial charge < -0.3 is 25.8 Å². The van der Waals surface area contributed by atoms with Crippen LogP contribution in [0.3, 0.4) is 0 Å². The molecule has 1 fully saturated rings. The fraction of sp³-hybridized carbons (Fsp3) is 0.385. The summed E-state index contributed by atoms with van der Waals surface area (Å²) in [6, 6.07) is 5.92. The lowest BCUT2D eigenvalue weighted by molar-refractivity contribution is 0.122. The first kappa shape index (κ1) is 14.1. The minimum Gasteiger partial charge on any atom is -0.496 e. The maximum absolute atomic E-state index is 5.37. The molecular weight excluding hydrogens is 258 g/mol. The van der Waals surface area contributed by atoms with Gasteiger partial charge in [-0.1, -0.05) is 0 Å². The third kappa shape index (κ3) is 3.61. The topological polar surface area (TPSA) is 98.5 Å². The van der Waals surface area contributed by atoms with Crippen molar-refractivity contribution in [2.75, 3.05) is 38.3 Å². The Kier molecular flexibility index (Phi) is 4.78. The van der Waals surface area contributed by atoms with Crippen molar-refractivity contribution in [1.82, 2.24) is 0 Å². The minimum absolute atomic E-state index is 0.0786. The van der Waals surface area contributed by atoms with Gasteiger partial charge in [0.2, 0.25) is 5.96 Å². The molecule has 108 valence electrons. The number of morpholine rings is 1. The molecule has 1 heterocycles. The van der Waals surface area contributed by atoms with Crippen molar-refractivity contribution in [2.45, 2.75) is 0 Å². The van der Waals surface area contributed by atoms with E-state index in [4.69, 9.17) is 20.9 Å². The van der Waals surface area contributed by atoms with Gasteiger partial charge in [0.15, 0.2) is 0 Å². The molecule has 4 N–H and O–H groups in total. The number of nitrogens with two attached hydrogens (primary N) is 2. The van der Waals surface area contributed by atoms with E-state index in [1.54, 1.807) is 13.3 Å². The third-order valence-electron chi connectivity index (χ3n) is 2.96. The highest BCUT2D eigenvalue weighted by Gasteiger charge is 2.12. The van der Waals surface area contributed by atoms with E-state index in [-0.39, 0.29) is 5.96 Å². The standard InChI is InChI=1S/C13H19N5O2/c1-19-12-8-11(18-4-6-20-7-5-18)3-2-10(12)9-16-17-13(14)15/h2-3,8-9H,4-7H2,1H3,(H4,14,15,17). The second kappa shape index (κ2) is 6.76. The highest BCUT2D eigenvalue weighted by atomic mass is 16.5. The highest BCUT2D eigenvalue weighted by Crippen LogP contribution is 2.25. The lowest BCUT2D eigenvalue weighted by atomic mass is 10.1. The number of guanidine groups is 1. The van der Waals surface area contributed by atoms with Gasteiger partial charge in [0, 0.05) is 30.4 Å². The monoisotopic (exact) mass is 277 g/mol. The Morgan fingerprint density at radius 3 is 2.75 bits per heavy atom. The van der Waals surface area contributed by atoms with Crippen molar-refractivity contribution in [3.63, 3.8) is 0 Å². The molecule has 0 amide bonds. The van der Waals surface area contributed by atoms with Crippen molar-refractivity contribution in [3.05, 3.63) is 23.8 Å². The predicted octanol–water partition coefficient (Wildman–Crippen LogP) is 0.139. The van der Waals surface area contributed by atoms with E-state index in [1.165, 1.54) is 0 Å². The van der Waals surface area contributed by atoms with Crippen LogP contribution in [0.25, 0.3) is 0 Å². The highest BCUT2D eigenvalue weighted by molar-refractivity contribution is 5.85. The zero-order valence-corrected chi connectivity index (χ0v) is 11.5. The van der Waals surface area contributed by atoms with E-state index >= 15 is 0 Å². The first-order valence-electron chi connectivity index (χ1n) is 6.33. The van der Waals surface area contributed by atoms with Gasteiger partial charge in [0.05, 0.1) is 26.5 Å². The van der Waals surface area contributed by atoms with E-state index in [0.29, 0.717) is 0 Å². The molecule has 0 aliphatic carbocycles. The quantitative estimate of drug-likeness (QED) is 0.463. The Labute approximate surface area is 117 Å². The second-order valence-electron chi connectivity index (χ2n) is 4.30. The average Bonchev–Trinajstić information content (AvgIpc) is 2.48. The third-order valence-corrected chi connectivity index (χ3v) is 2.96. The van der Waals surface area contributed by atoms with Crippen molar-refractivity contribution in [2.24, 2.45) is 21.7 Å². The molecule has 0 saturated carbocycles. The van der Waals surface area contributed by atoms with E-state index in [9.17, 15) is 0 Å². The summed E-state index contributed by atoms with van der Waals surface area (Å²) in [7, 11) is 1.62. The van der Waals surface area contributed by atoms with Crippen LogP contribution in [-0.2, 0) is 4.74 Å². The molecule has 0 unspecified atom stereocenters. The number of rotatable bonds is 4. The summed E-state index contributed by atoms with van der Waals surface area (Å²) in [5.74, 6) is 0.647. The Hall–Kier alpha value is -2.28. The zero-order valence-electron chi connectivity index (χ0n) is 11.5. The molecule has 1 aromatic rings. The molecule has 7 heteroatoms. The molecule has 0 aromatic heterocycles. The molecule has 1 aromatic carbocycles. The number of hydrogen-bond donors (Lipinski definition) is 2. The van der Waals surface area contributed by atoms with E-state index in [0.717, 1.165) is 43.3 Å². The van der Waals surface area contributed by atoms with Gasteiger partial charge in [-0.25, -0.2) is 0 Å². The van der Waals surface area contributed by atoms with E-state index < -0.39 is 0 Å². The van der Waals surface area contributed by atoms with Crippen molar-refractivity contribution >= 4 is 17.9 Å². The summed E-state index contributed by atoms with van der Waals surface area (Å²) in [5.41, 5.74) is 12.3. The first-order valence-corrected chi connectivity index (χ1v) is 6.33. The molecule has 2 rings (SSSR count). The minimum atomic E-state index is -0.0786. The molecule has 1 saturated heterocycles. The van der Waals surface area contributed by atoms with Crippen LogP contribution in [0, 0.1) is 0 Å². The number of hydrogen-bond acceptors (Lipinski definition) is 5. The molecular formula is C13H19N5O2. The number of methoxy groups -OCH3 is 1. The van der Waals surface area contributed by atoms with Gasteiger partial charge in [-0.2, -0.15) is 5.10 Å². The molecule has 0 atom stereocenters. The first-order chi connectivity index (χ1) is 9.70. The van der Waals surface area contributed by atoms with Crippen LogP contribution < -0.4 is 21.1 Å². The molecule has 20 heavy (non-hydrogen) atoms. The molecule has 0 spiro atoms. The Bertz CT molecular complexity index is 505. The summed E-state index contributed by atoms with van der Waals surface area (Å²) in [6.45, 7) is 3.25. The summed E-state index contributed by atoms with van der Waals surface area (Å²) in [4.78, 5) is 2.25. The van der Waals surface area contributed by atoms with Crippen LogP contribution in [0.5, 0.6) is 5.75 Å². The largest absolute Gasteiger partial charge is 0.496 e.